The number of carbonyl (C=O) groups excluding carboxylic acids is 1. The Morgan fingerprint density at radius 3 is 3.04 bits per heavy atom. The molecule has 2 aromatic rings. The highest BCUT2D eigenvalue weighted by atomic mass is 16.6. The van der Waals surface area contributed by atoms with Gasteiger partial charge < -0.3 is 14.4 Å². The molecule has 4 rings (SSSR count). The van der Waals surface area contributed by atoms with Crippen molar-refractivity contribution in [2.75, 3.05) is 19.7 Å². The maximum absolute atomic E-state index is 12.8. The summed E-state index contributed by atoms with van der Waals surface area (Å²) in [4.78, 5) is 18.9. The molecule has 1 spiro atoms. The number of rotatable bonds is 3. The highest BCUT2D eigenvalue weighted by Gasteiger charge is 2.45. The molecule has 0 aliphatic carbocycles. The van der Waals surface area contributed by atoms with Gasteiger partial charge in [-0.1, -0.05) is 6.07 Å². The van der Waals surface area contributed by atoms with E-state index >= 15 is 0 Å². The summed E-state index contributed by atoms with van der Waals surface area (Å²) in [7, 11) is 1.79. The maximum Gasteiger partial charge on any atom is 0.272 e. The molecule has 0 N–H and O–H groups in total. The number of aryl methyl sites for hydroxylation is 1. The number of hydrogen-bond donors (Lipinski definition) is 0. The monoisotopic (exact) mass is 342 g/mol. The van der Waals surface area contributed by atoms with Crippen LogP contribution in [0.4, 0.5) is 0 Å². The van der Waals surface area contributed by atoms with Gasteiger partial charge in [0.05, 0.1) is 18.8 Å². The number of ether oxygens (including phenoxy) is 2. The summed E-state index contributed by atoms with van der Waals surface area (Å²) >= 11 is 0. The Morgan fingerprint density at radius 2 is 2.28 bits per heavy atom. The van der Waals surface area contributed by atoms with E-state index in [9.17, 15) is 4.79 Å². The van der Waals surface area contributed by atoms with Gasteiger partial charge in [-0.25, -0.2) is 4.98 Å². The van der Waals surface area contributed by atoms with Crippen LogP contribution >= 0.6 is 0 Å². The van der Waals surface area contributed by atoms with Crippen molar-refractivity contribution in [1.29, 1.82) is 0 Å². The van der Waals surface area contributed by atoms with E-state index in [0.717, 1.165) is 25.8 Å². The summed E-state index contributed by atoms with van der Waals surface area (Å²) in [6.07, 6.45) is 6.00. The summed E-state index contributed by atoms with van der Waals surface area (Å²) in [5, 5.41) is 4.09. The van der Waals surface area contributed by atoms with Crippen LogP contribution in [-0.4, -0.2) is 57.0 Å². The highest BCUT2D eigenvalue weighted by Crippen LogP contribution is 2.36. The van der Waals surface area contributed by atoms with Crippen molar-refractivity contribution >= 4 is 5.91 Å². The van der Waals surface area contributed by atoms with Gasteiger partial charge in [0.2, 0.25) is 5.88 Å². The van der Waals surface area contributed by atoms with E-state index in [1.807, 2.05) is 23.1 Å². The number of hydrogen-bond acceptors (Lipinski definition) is 5. The van der Waals surface area contributed by atoms with E-state index in [0.29, 0.717) is 24.7 Å². The van der Waals surface area contributed by atoms with Crippen LogP contribution in [0.2, 0.25) is 0 Å². The molecule has 2 saturated heterocycles. The number of amides is 1. The number of carbonyl (C=O) groups is 1. The molecule has 7 nitrogen and oxygen atoms in total. The van der Waals surface area contributed by atoms with Gasteiger partial charge in [0, 0.05) is 38.5 Å². The molecule has 2 aliphatic heterocycles. The standard InChI is InChI=1S/C18H22N4O3/c1-21-15(6-9-20-21)17(23)22-10-4-7-18(13-22)11-14(12-24-18)25-16-5-2-3-8-19-16/h2-3,5-6,8-9,14H,4,7,10-13H2,1H3/t14-,18-/m1/s1. The minimum atomic E-state index is -0.314. The first-order chi connectivity index (χ1) is 12.2. The molecule has 0 unspecified atom stereocenters. The Labute approximate surface area is 146 Å². The zero-order valence-electron chi connectivity index (χ0n) is 14.3. The van der Waals surface area contributed by atoms with E-state index in [4.69, 9.17) is 9.47 Å². The van der Waals surface area contributed by atoms with Crippen LogP contribution < -0.4 is 4.74 Å². The molecule has 7 heteroatoms. The number of piperidine rings is 1. The van der Waals surface area contributed by atoms with E-state index < -0.39 is 0 Å². The number of nitrogens with zero attached hydrogens (tertiary/aromatic N) is 4. The lowest BCUT2D eigenvalue weighted by Gasteiger charge is -2.39. The molecule has 4 heterocycles. The molecule has 132 valence electrons. The Balaban J connectivity index is 1.42. The van der Waals surface area contributed by atoms with Crippen molar-refractivity contribution < 1.29 is 14.3 Å². The fourth-order valence-electron chi connectivity index (χ4n) is 3.77. The predicted molar refractivity (Wildman–Crippen MR) is 90.3 cm³/mol. The Kier molecular flexibility index (Phi) is 4.17. The van der Waals surface area contributed by atoms with Crippen LogP contribution in [0, 0.1) is 0 Å². The summed E-state index contributed by atoms with van der Waals surface area (Å²) in [5.74, 6) is 0.628. The van der Waals surface area contributed by atoms with Gasteiger partial charge in [-0.2, -0.15) is 5.10 Å². The molecule has 0 bridgehead atoms. The maximum atomic E-state index is 12.8. The second-order valence-electron chi connectivity index (χ2n) is 6.78. The molecule has 0 saturated carbocycles. The lowest BCUT2D eigenvalue weighted by molar-refractivity contribution is -0.0455. The minimum absolute atomic E-state index is 0.0109. The fourth-order valence-corrected chi connectivity index (χ4v) is 3.77. The lowest BCUT2D eigenvalue weighted by Crippen LogP contribution is -2.50. The van der Waals surface area contributed by atoms with E-state index in [-0.39, 0.29) is 17.6 Å². The Morgan fingerprint density at radius 1 is 1.36 bits per heavy atom. The fraction of sp³-hybridized carbons (Fsp3) is 0.500. The van der Waals surface area contributed by atoms with Gasteiger partial charge in [-0.3, -0.25) is 9.48 Å². The van der Waals surface area contributed by atoms with Crippen molar-refractivity contribution in [3.05, 3.63) is 42.4 Å². The van der Waals surface area contributed by atoms with Gasteiger partial charge in [0.1, 0.15) is 11.8 Å². The van der Waals surface area contributed by atoms with Gasteiger partial charge in [-0.05, 0) is 25.0 Å². The quantitative estimate of drug-likeness (QED) is 0.848. The Hall–Kier alpha value is -2.41. The summed E-state index contributed by atoms with van der Waals surface area (Å²) in [6.45, 7) is 1.88. The summed E-state index contributed by atoms with van der Waals surface area (Å²) < 4.78 is 13.7. The van der Waals surface area contributed by atoms with Crippen LogP contribution in [0.25, 0.3) is 0 Å². The van der Waals surface area contributed by atoms with Crippen LogP contribution in [-0.2, 0) is 11.8 Å². The first-order valence-corrected chi connectivity index (χ1v) is 8.64. The normalized spacial score (nSPS) is 26.1. The van der Waals surface area contributed by atoms with Crippen LogP contribution in [0.5, 0.6) is 5.88 Å². The molecule has 0 aromatic carbocycles. The Bertz CT molecular complexity index is 748. The second-order valence-corrected chi connectivity index (χ2v) is 6.78. The molecular weight excluding hydrogens is 320 g/mol. The van der Waals surface area contributed by atoms with E-state index in [1.54, 1.807) is 30.2 Å². The van der Waals surface area contributed by atoms with Crippen molar-refractivity contribution in [3.63, 3.8) is 0 Å². The topological polar surface area (TPSA) is 69.5 Å². The molecule has 1 amide bonds. The van der Waals surface area contributed by atoms with Crippen LogP contribution in [0.3, 0.4) is 0 Å². The number of aromatic nitrogens is 3. The first-order valence-electron chi connectivity index (χ1n) is 8.64. The van der Waals surface area contributed by atoms with Crippen molar-refractivity contribution in [2.45, 2.75) is 31.0 Å². The van der Waals surface area contributed by atoms with Crippen LogP contribution in [0.15, 0.2) is 36.7 Å². The third-order valence-electron chi connectivity index (χ3n) is 4.97. The van der Waals surface area contributed by atoms with E-state index in [1.165, 1.54) is 0 Å². The van der Waals surface area contributed by atoms with Crippen molar-refractivity contribution in [2.24, 2.45) is 7.05 Å². The van der Waals surface area contributed by atoms with Gasteiger partial charge >= 0.3 is 0 Å². The zero-order valence-corrected chi connectivity index (χ0v) is 14.3. The van der Waals surface area contributed by atoms with Crippen molar-refractivity contribution in [1.82, 2.24) is 19.7 Å². The van der Waals surface area contributed by atoms with Gasteiger partial charge in [0.25, 0.3) is 5.91 Å². The molecule has 2 atom stereocenters. The third kappa shape index (κ3) is 3.24. The number of likely N-dealkylation sites (tertiary alicyclic amines) is 1. The first kappa shape index (κ1) is 16.1. The smallest absolute Gasteiger partial charge is 0.272 e. The van der Waals surface area contributed by atoms with Gasteiger partial charge in [0.15, 0.2) is 0 Å². The summed E-state index contributed by atoms with van der Waals surface area (Å²) in [5.41, 5.74) is 0.294. The highest BCUT2D eigenvalue weighted by molar-refractivity contribution is 5.92. The third-order valence-corrected chi connectivity index (χ3v) is 4.97. The van der Waals surface area contributed by atoms with E-state index in [2.05, 4.69) is 10.1 Å². The molecule has 2 aliphatic rings. The zero-order chi connectivity index (χ0) is 17.3. The average molecular weight is 342 g/mol. The SMILES string of the molecule is Cn1nccc1C(=O)N1CCC[C@@]2(C[C@@H](Oc3ccccn3)CO2)C1. The molecule has 2 fully saturated rings. The predicted octanol–water partition coefficient (Wildman–Crippen LogP) is 1.66. The molecule has 25 heavy (non-hydrogen) atoms. The summed E-state index contributed by atoms with van der Waals surface area (Å²) in [6, 6.07) is 7.38. The minimum Gasteiger partial charge on any atom is -0.472 e. The second kappa shape index (κ2) is 6.48. The number of pyridine rings is 1. The van der Waals surface area contributed by atoms with Crippen molar-refractivity contribution in [3.8, 4) is 5.88 Å². The average Bonchev–Trinajstić information content (AvgIpc) is 3.22. The molecular formula is C18H22N4O3. The lowest BCUT2D eigenvalue weighted by atomic mass is 9.89. The molecule has 2 aromatic heterocycles. The molecule has 0 radical (unpaired) electrons. The van der Waals surface area contributed by atoms with Crippen LogP contribution in [0.1, 0.15) is 29.8 Å². The largest absolute Gasteiger partial charge is 0.472 e. The van der Waals surface area contributed by atoms with Gasteiger partial charge in [-0.15, -0.1) is 0 Å².